The van der Waals surface area contributed by atoms with Crippen LogP contribution < -0.4 is 5.32 Å². The molecule has 0 spiro atoms. The van der Waals surface area contributed by atoms with Crippen molar-refractivity contribution in [2.24, 2.45) is 0 Å². The molecule has 0 rings (SSSR count). The molecule has 1 atom stereocenters. The fourth-order valence-corrected chi connectivity index (χ4v) is 3.22. The Balaban J connectivity index is 3.83. The second-order valence-electron chi connectivity index (χ2n) is 7.46. The van der Waals surface area contributed by atoms with E-state index in [9.17, 15) is 19.2 Å². The third kappa shape index (κ3) is 14.3. The van der Waals surface area contributed by atoms with Gasteiger partial charge in [-0.3, -0.25) is 14.4 Å². The number of methoxy groups -OCH3 is 2. The molecule has 0 fully saturated rings. The van der Waals surface area contributed by atoms with Crippen LogP contribution in [0.2, 0.25) is 0 Å². The van der Waals surface area contributed by atoms with E-state index in [2.05, 4.69) is 21.4 Å². The van der Waals surface area contributed by atoms with E-state index in [1.807, 2.05) is 6.92 Å². The number of nitrogens with zero attached hydrogens (tertiary/aromatic N) is 1. The van der Waals surface area contributed by atoms with E-state index in [0.29, 0.717) is 13.0 Å². The molecule has 0 heterocycles. The van der Waals surface area contributed by atoms with Gasteiger partial charge >= 0.3 is 11.9 Å². The van der Waals surface area contributed by atoms with E-state index in [1.54, 1.807) is 4.90 Å². The first kappa shape index (κ1) is 28.6. The lowest BCUT2D eigenvalue weighted by molar-refractivity contribution is -0.146. The van der Waals surface area contributed by atoms with E-state index < -0.39 is 18.0 Å². The van der Waals surface area contributed by atoms with Crippen molar-refractivity contribution in [2.75, 3.05) is 27.3 Å². The Morgan fingerprint density at radius 3 is 2.00 bits per heavy atom. The highest BCUT2D eigenvalue weighted by molar-refractivity contribution is 5.87. The summed E-state index contributed by atoms with van der Waals surface area (Å²) in [6, 6.07) is -0.831. The van der Waals surface area contributed by atoms with Crippen LogP contribution in [0.5, 0.6) is 0 Å². The topological polar surface area (TPSA) is 102 Å². The lowest BCUT2D eigenvalue weighted by Crippen LogP contribution is -2.41. The zero-order valence-corrected chi connectivity index (χ0v) is 19.5. The van der Waals surface area contributed by atoms with Crippen molar-refractivity contribution < 1.29 is 28.7 Å². The molecule has 2 amide bonds. The lowest BCUT2D eigenvalue weighted by Gasteiger charge is -2.18. The largest absolute Gasteiger partial charge is 0.469 e. The van der Waals surface area contributed by atoms with Crippen molar-refractivity contribution in [2.45, 2.75) is 83.6 Å². The van der Waals surface area contributed by atoms with Crippen LogP contribution in [0.1, 0.15) is 77.6 Å². The summed E-state index contributed by atoms with van der Waals surface area (Å²) < 4.78 is 9.24. The Morgan fingerprint density at radius 2 is 1.48 bits per heavy atom. The molecule has 0 aliphatic carbocycles. The first-order valence-corrected chi connectivity index (χ1v) is 11.2. The van der Waals surface area contributed by atoms with Crippen molar-refractivity contribution in [3.63, 3.8) is 0 Å². The van der Waals surface area contributed by atoms with Crippen molar-refractivity contribution in [1.82, 2.24) is 10.2 Å². The molecule has 1 unspecified atom stereocenters. The normalized spacial score (nSPS) is 11.3. The van der Waals surface area contributed by atoms with Crippen LogP contribution in [0.15, 0.2) is 12.7 Å². The molecular weight excluding hydrogens is 400 g/mol. The monoisotopic (exact) mass is 440 g/mol. The Bertz CT molecular complexity index is 564. The summed E-state index contributed by atoms with van der Waals surface area (Å²) in [6.07, 6.45) is 10.2. The molecule has 0 aliphatic rings. The maximum absolute atomic E-state index is 12.1. The van der Waals surface area contributed by atoms with Crippen molar-refractivity contribution in [3.05, 3.63) is 12.7 Å². The third-order valence-electron chi connectivity index (χ3n) is 5.14. The van der Waals surface area contributed by atoms with Gasteiger partial charge < -0.3 is 19.7 Å². The molecule has 0 saturated heterocycles. The molecule has 178 valence electrons. The second-order valence-corrected chi connectivity index (χ2v) is 7.46. The summed E-state index contributed by atoms with van der Waals surface area (Å²) in [7, 11) is 2.53. The average Bonchev–Trinajstić information content (AvgIpc) is 2.78. The lowest BCUT2D eigenvalue weighted by atomic mass is 10.1. The summed E-state index contributed by atoms with van der Waals surface area (Å²) in [4.78, 5) is 48.5. The molecule has 0 saturated carbocycles. The number of esters is 2. The van der Waals surface area contributed by atoms with Gasteiger partial charge in [0, 0.05) is 25.9 Å². The number of carbonyl (C=O) groups is 4. The standard InChI is InChI=1S/C23H40N2O6/c1-5-21(27)25(6-2)18-14-12-10-8-7-9-11-13-15-20(26)24-19(23(29)31-4)16-17-22(28)30-3/h5,19H,1,6-18H2,2-4H3,(H,24,26). The summed E-state index contributed by atoms with van der Waals surface area (Å²) in [6.45, 7) is 6.99. The number of rotatable bonds is 18. The molecule has 1 N–H and O–H groups in total. The summed E-state index contributed by atoms with van der Waals surface area (Å²) in [5.41, 5.74) is 0. The molecule has 0 radical (unpaired) electrons. The predicted molar refractivity (Wildman–Crippen MR) is 119 cm³/mol. The van der Waals surface area contributed by atoms with Crippen molar-refractivity contribution >= 4 is 23.8 Å². The fraction of sp³-hybridized carbons (Fsp3) is 0.739. The first-order chi connectivity index (χ1) is 14.9. The SMILES string of the molecule is C=CC(=O)N(CC)CCCCCCCCCCC(=O)NC(CCC(=O)OC)C(=O)OC. The zero-order chi connectivity index (χ0) is 23.5. The van der Waals surface area contributed by atoms with Gasteiger partial charge in [-0.15, -0.1) is 0 Å². The maximum atomic E-state index is 12.1. The van der Waals surface area contributed by atoms with Gasteiger partial charge in [0.1, 0.15) is 6.04 Å². The smallest absolute Gasteiger partial charge is 0.328 e. The van der Waals surface area contributed by atoms with Crippen LogP contribution >= 0.6 is 0 Å². The highest BCUT2D eigenvalue weighted by Gasteiger charge is 2.22. The Morgan fingerprint density at radius 1 is 0.903 bits per heavy atom. The molecular formula is C23H40N2O6. The molecule has 31 heavy (non-hydrogen) atoms. The van der Waals surface area contributed by atoms with E-state index in [1.165, 1.54) is 20.3 Å². The van der Waals surface area contributed by atoms with Crippen LogP contribution in [0.3, 0.4) is 0 Å². The van der Waals surface area contributed by atoms with Crippen LogP contribution in [0.4, 0.5) is 0 Å². The van der Waals surface area contributed by atoms with Gasteiger partial charge in [-0.2, -0.15) is 0 Å². The number of hydrogen-bond acceptors (Lipinski definition) is 6. The minimum absolute atomic E-state index is 0.00657. The molecule has 0 bridgehead atoms. The van der Waals surface area contributed by atoms with Crippen molar-refractivity contribution in [3.8, 4) is 0 Å². The number of likely N-dealkylation sites (N-methyl/N-ethyl adjacent to an activating group) is 1. The Kier molecular flexibility index (Phi) is 17.0. The number of carbonyl (C=O) groups excluding carboxylic acids is 4. The number of hydrogen-bond donors (Lipinski definition) is 1. The predicted octanol–water partition coefficient (Wildman–Crippen LogP) is 3.14. The molecule has 0 aromatic heterocycles. The highest BCUT2D eigenvalue weighted by atomic mass is 16.5. The minimum Gasteiger partial charge on any atom is -0.469 e. The summed E-state index contributed by atoms with van der Waals surface area (Å²) >= 11 is 0. The summed E-state index contributed by atoms with van der Waals surface area (Å²) in [5, 5.41) is 2.64. The Labute approximate surface area is 186 Å². The quantitative estimate of drug-likeness (QED) is 0.200. The van der Waals surface area contributed by atoms with Gasteiger partial charge in [-0.05, 0) is 32.3 Å². The van der Waals surface area contributed by atoms with E-state index in [-0.39, 0.29) is 24.7 Å². The zero-order valence-electron chi connectivity index (χ0n) is 19.5. The molecule has 8 heteroatoms. The first-order valence-electron chi connectivity index (χ1n) is 11.2. The van der Waals surface area contributed by atoms with Crippen molar-refractivity contribution in [1.29, 1.82) is 0 Å². The Hall–Kier alpha value is -2.38. The average molecular weight is 441 g/mol. The molecule has 0 aromatic carbocycles. The summed E-state index contributed by atoms with van der Waals surface area (Å²) in [5.74, 6) is -1.22. The van der Waals surface area contributed by atoms with E-state index in [0.717, 1.165) is 57.9 Å². The number of unbranched alkanes of at least 4 members (excludes halogenated alkanes) is 7. The van der Waals surface area contributed by atoms with Crippen LogP contribution in [0.25, 0.3) is 0 Å². The van der Waals surface area contributed by atoms with Gasteiger partial charge in [0.2, 0.25) is 11.8 Å². The molecule has 0 aromatic rings. The van der Waals surface area contributed by atoms with E-state index in [4.69, 9.17) is 0 Å². The third-order valence-corrected chi connectivity index (χ3v) is 5.14. The van der Waals surface area contributed by atoms with Gasteiger partial charge in [0.15, 0.2) is 0 Å². The fourth-order valence-electron chi connectivity index (χ4n) is 3.22. The van der Waals surface area contributed by atoms with Crippen LogP contribution in [-0.2, 0) is 28.7 Å². The second kappa shape index (κ2) is 18.4. The van der Waals surface area contributed by atoms with Gasteiger partial charge in [-0.25, -0.2) is 4.79 Å². The number of amides is 2. The van der Waals surface area contributed by atoms with Gasteiger partial charge in [0.05, 0.1) is 14.2 Å². The van der Waals surface area contributed by atoms with Crippen LogP contribution in [-0.4, -0.2) is 62.0 Å². The van der Waals surface area contributed by atoms with Crippen LogP contribution in [0, 0.1) is 0 Å². The highest BCUT2D eigenvalue weighted by Crippen LogP contribution is 2.11. The molecule has 8 nitrogen and oxygen atoms in total. The number of nitrogens with one attached hydrogen (secondary N) is 1. The maximum Gasteiger partial charge on any atom is 0.328 e. The molecule has 0 aliphatic heterocycles. The van der Waals surface area contributed by atoms with E-state index >= 15 is 0 Å². The van der Waals surface area contributed by atoms with Gasteiger partial charge in [0.25, 0.3) is 0 Å². The number of ether oxygens (including phenoxy) is 2. The van der Waals surface area contributed by atoms with Gasteiger partial charge in [-0.1, -0.05) is 45.1 Å². The minimum atomic E-state index is -0.831.